The molecule has 31 heavy (non-hydrogen) atoms. The van der Waals surface area contributed by atoms with Crippen LogP contribution in [0.15, 0.2) is 42.5 Å². The standard InChI is InChI=1S/C23H28ClN3O4/c1-25(2)22(28)16-31-20-6-4-5-17(14-20)23(29)27-11-9-26(10-12-27)15-18-13-19(24)7-8-21(18)30-3/h4-8,13-14H,9-12,15-16H2,1-3H3. The minimum absolute atomic E-state index is 0.0376. The van der Waals surface area contributed by atoms with Crippen LogP contribution in [0.3, 0.4) is 0 Å². The molecule has 8 heteroatoms. The Balaban J connectivity index is 1.56. The highest BCUT2D eigenvalue weighted by atomic mass is 35.5. The van der Waals surface area contributed by atoms with Gasteiger partial charge in [0, 0.05) is 63.0 Å². The Hall–Kier alpha value is -2.77. The smallest absolute Gasteiger partial charge is 0.259 e. The summed E-state index contributed by atoms with van der Waals surface area (Å²) in [4.78, 5) is 30.2. The summed E-state index contributed by atoms with van der Waals surface area (Å²) in [5.74, 6) is 1.15. The first-order valence-corrected chi connectivity index (χ1v) is 10.5. The first kappa shape index (κ1) is 22.9. The molecule has 1 saturated heterocycles. The average Bonchev–Trinajstić information content (AvgIpc) is 2.78. The SMILES string of the molecule is COc1ccc(Cl)cc1CN1CCN(C(=O)c2cccc(OCC(=O)N(C)C)c2)CC1. The van der Waals surface area contributed by atoms with Gasteiger partial charge in [0.1, 0.15) is 11.5 Å². The minimum atomic E-state index is -0.135. The zero-order valence-corrected chi connectivity index (χ0v) is 18.9. The van der Waals surface area contributed by atoms with E-state index in [1.165, 1.54) is 4.90 Å². The predicted octanol–water partition coefficient (Wildman–Crippen LogP) is 2.77. The van der Waals surface area contributed by atoms with E-state index in [-0.39, 0.29) is 18.4 Å². The van der Waals surface area contributed by atoms with Crippen molar-refractivity contribution >= 4 is 23.4 Å². The summed E-state index contributed by atoms with van der Waals surface area (Å²) in [5, 5.41) is 0.680. The van der Waals surface area contributed by atoms with Gasteiger partial charge in [0.25, 0.3) is 11.8 Å². The van der Waals surface area contributed by atoms with Gasteiger partial charge in [0.15, 0.2) is 6.61 Å². The molecule has 0 aliphatic carbocycles. The van der Waals surface area contributed by atoms with Gasteiger partial charge in [0.2, 0.25) is 0 Å². The highest BCUT2D eigenvalue weighted by molar-refractivity contribution is 6.30. The second-order valence-corrected chi connectivity index (χ2v) is 8.07. The van der Waals surface area contributed by atoms with E-state index in [4.69, 9.17) is 21.1 Å². The maximum atomic E-state index is 12.9. The molecule has 1 fully saturated rings. The van der Waals surface area contributed by atoms with Crippen LogP contribution in [0.5, 0.6) is 11.5 Å². The number of amides is 2. The fraction of sp³-hybridized carbons (Fsp3) is 0.391. The lowest BCUT2D eigenvalue weighted by Gasteiger charge is -2.35. The number of benzene rings is 2. The third-order valence-corrected chi connectivity index (χ3v) is 5.47. The molecule has 0 aromatic heterocycles. The van der Waals surface area contributed by atoms with Gasteiger partial charge in [-0.1, -0.05) is 17.7 Å². The molecule has 2 amide bonds. The lowest BCUT2D eigenvalue weighted by Crippen LogP contribution is -2.48. The van der Waals surface area contributed by atoms with Crippen molar-refractivity contribution in [2.75, 3.05) is 54.0 Å². The Kier molecular flexibility index (Phi) is 7.76. The second kappa shape index (κ2) is 10.5. The summed E-state index contributed by atoms with van der Waals surface area (Å²) in [6.45, 7) is 3.44. The van der Waals surface area contributed by atoms with Crippen LogP contribution in [0.4, 0.5) is 0 Å². The largest absolute Gasteiger partial charge is 0.496 e. The molecule has 166 valence electrons. The molecule has 2 aromatic rings. The van der Waals surface area contributed by atoms with Crippen LogP contribution in [0.25, 0.3) is 0 Å². The highest BCUT2D eigenvalue weighted by Crippen LogP contribution is 2.25. The van der Waals surface area contributed by atoms with Crippen LogP contribution in [0.2, 0.25) is 5.02 Å². The predicted molar refractivity (Wildman–Crippen MR) is 120 cm³/mol. The van der Waals surface area contributed by atoms with Crippen LogP contribution in [-0.2, 0) is 11.3 Å². The quantitative estimate of drug-likeness (QED) is 0.655. The number of methoxy groups -OCH3 is 1. The number of carbonyl (C=O) groups is 2. The zero-order chi connectivity index (χ0) is 22.4. The first-order chi connectivity index (χ1) is 14.9. The molecule has 1 aliphatic heterocycles. The van der Waals surface area contributed by atoms with Gasteiger partial charge in [0.05, 0.1) is 7.11 Å². The summed E-state index contributed by atoms with van der Waals surface area (Å²) in [6, 6.07) is 12.6. The number of nitrogens with zero attached hydrogens (tertiary/aromatic N) is 3. The van der Waals surface area contributed by atoms with E-state index >= 15 is 0 Å². The van der Waals surface area contributed by atoms with Crippen molar-refractivity contribution in [2.24, 2.45) is 0 Å². The molecule has 1 aliphatic rings. The maximum absolute atomic E-state index is 12.9. The Morgan fingerprint density at radius 3 is 2.48 bits per heavy atom. The van der Waals surface area contributed by atoms with Crippen LogP contribution >= 0.6 is 11.6 Å². The normalized spacial score (nSPS) is 14.3. The highest BCUT2D eigenvalue weighted by Gasteiger charge is 2.23. The van der Waals surface area contributed by atoms with Crippen molar-refractivity contribution in [1.29, 1.82) is 0 Å². The van der Waals surface area contributed by atoms with Crippen molar-refractivity contribution in [3.63, 3.8) is 0 Å². The number of piperazine rings is 1. The third kappa shape index (κ3) is 6.12. The summed E-state index contributed by atoms with van der Waals surface area (Å²) >= 11 is 6.13. The van der Waals surface area contributed by atoms with Crippen LogP contribution in [0.1, 0.15) is 15.9 Å². The van der Waals surface area contributed by atoms with Crippen LogP contribution < -0.4 is 9.47 Å². The monoisotopic (exact) mass is 445 g/mol. The maximum Gasteiger partial charge on any atom is 0.259 e. The number of likely N-dealkylation sites (N-methyl/N-ethyl adjacent to an activating group) is 1. The Morgan fingerprint density at radius 2 is 1.81 bits per heavy atom. The summed E-state index contributed by atoms with van der Waals surface area (Å²) < 4.78 is 11.0. The molecule has 0 unspecified atom stereocenters. The molecular formula is C23H28ClN3O4. The van der Waals surface area contributed by atoms with E-state index in [1.54, 1.807) is 45.5 Å². The molecule has 1 heterocycles. The first-order valence-electron chi connectivity index (χ1n) is 10.1. The Bertz CT molecular complexity index is 927. The van der Waals surface area contributed by atoms with Crippen molar-refractivity contribution in [3.05, 3.63) is 58.6 Å². The van der Waals surface area contributed by atoms with Gasteiger partial charge >= 0.3 is 0 Å². The Morgan fingerprint density at radius 1 is 1.06 bits per heavy atom. The van der Waals surface area contributed by atoms with Crippen molar-refractivity contribution in [1.82, 2.24) is 14.7 Å². The van der Waals surface area contributed by atoms with Gasteiger partial charge in [-0.2, -0.15) is 0 Å². The van der Waals surface area contributed by atoms with Gasteiger partial charge in [-0.25, -0.2) is 0 Å². The summed E-state index contributed by atoms with van der Waals surface area (Å²) in [7, 11) is 5.00. The van der Waals surface area contributed by atoms with E-state index in [0.29, 0.717) is 29.4 Å². The molecule has 0 atom stereocenters. The zero-order valence-electron chi connectivity index (χ0n) is 18.1. The van der Waals surface area contributed by atoms with Crippen LogP contribution in [-0.4, -0.2) is 80.5 Å². The third-order valence-electron chi connectivity index (χ3n) is 5.24. The molecule has 0 spiro atoms. The van der Waals surface area contributed by atoms with Crippen molar-refractivity contribution in [3.8, 4) is 11.5 Å². The average molecular weight is 446 g/mol. The van der Waals surface area contributed by atoms with E-state index in [1.807, 2.05) is 23.1 Å². The number of hydrogen-bond acceptors (Lipinski definition) is 5. The topological polar surface area (TPSA) is 62.3 Å². The summed E-state index contributed by atoms with van der Waals surface area (Å²) in [5.41, 5.74) is 1.59. The molecule has 0 N–H and O–H groups in total. The lowest BCUT2D eigenvalue weighted by molar-refractivity contribution is -0.130. The minimum Gasteiger partial charge on any atom is -0.496 e. The molecular weight excluding hydrogens is 418 g/mol. The van der Waals surface area contributed by atoms with Crippen molar-refractivity contribution < 1.29 is 19.1 Å². The molecule has 3 rings (SSSR count). The number of halogens is 1. The second-order valence-electron chi connectivity index (χ2n) is 7.63. The Labute approximate surface area is 188 Å². The number of ether oxygens (including phenoxy) is 2. The van der Waals surface area contributed by atoms with E-state index in [0.717, 1.165) is 30.9 Å². The number of carbonyl (C=O) groups excluding carboxylic acids is 2. The number of rotatable bonds is 7. The summed E-state index contributed by atoms with van der Waals surface area (Å²) in [6.07, 6.45) is 0. The van der Waals surface area contributed by atoms with E-state index in [9.17, 15) is 9.59 Å². The van der Waals surface area contributed by atoms with Crippen LogP contribution in [0, 0.1) is 0 Å². The molecule has 7 nitrogen and oxygen atoms in total. The molecule has 2 aromatic carbocycles. The molecule has 0 radical (unpaired) electrons. The fourth-order valence-corrected chi connectivity index (χ4v) is 3.59. The molecule has 0 saturated carbocycles. The van der Waals surface area contributed by atoms with Crippen molar-refractivity contribution in [2.45, 2.75) is 6.54 Å². The number of hydrogen-bond donors (Lipinski definition) is 0. The molecule has 0 bridgehead atoms. The van der Waals surface area contributed by atoms with Gasteiger partial charge < -0.3 is 19.3 Å². The van der Waals surface area contributed by atoms with Gasteiger partial charge in [-0.05, 0) is 36.4 Å². The lowest BCUT2D eigenvalue weighted by atomic mass is 10.1. The van der Waals surface area contributed by atoms with E-state index < -0.39 is 0 Å². The van der Waals surface area contributed by atoms with Gasteiger partial charge in [-0.15, -0.1) is 0 Å². The fourth-order valence-electron chi connectivity index (χ4n) is 3.40. The van der Waals surface area contributed by atoms with E-state index in [2.05, 4.69) is 4.90 Å². The van der Waals surface area contributed by atoms with Gasteiger partial charge in [-0.3, -0.25) is 14.5 Å².